The van der Waals surface area contributed by atoms with Crippen molar-refractivity contribution in [2.24, 2.45) is 0 Å². The van der Waals surface area contributed by atoms with Gasteiger partial charge in [0.25, 0.3) is 15.9 Å². The van der Waals surface area contributed by atoms with Crippen LogP contribution in [0.4, 0.5) is 5.95 Å². The second-order valence-corrected chi connectivity index (χ2v) is 9.50. The number of halogens is 1. The third-order valence-electron chi connectivity index (χ3n) is 5.00. The van der Waals surface area contributed by atoms with Crippen LogP contribution < -0.4 is 10.0 Å². The fourth-order valence-electron chi connectivity index (χ4n) is 3.33. The number of aromatic nitrogens is 2. The van der Waals surface area contributed by atoms with Crippen molar-refractivity contribution in [3.63, 3.8) is 0 Å². The number of hydrogen-bond donors (Lipinski definition) is 2. The van der Waals surface area contributed by atoms with Crippen LogP contribution in [0.15, 0.2) is 83.9 Å². The first-order valence-electron chi connectivity index (χ1n) is 10.2. The lowest BCUT2D eigenvalue weighted by Gasteiger charge is -2.14. The molecule has 4 aromatic rings. The van der Waals surface area contributed by atoms with Gasteiger partial charge in [-0.1, -0.05) is 72.3 Å². The van der Waals surface area contributed by atoms with Crippen LogP contribution in [0.1, 0.15) is 16.1 Å². The molecule has 8 nitrogen and oxygen atoms in total. The number of carbonyl (C=O) groups is 2. The average molecular weight is 495 g/mol. The molecule has 1 amide bonds. The minimum atomic E-state index is -4.03. The summed E-state index contributed by atoms with van der Waals surface area (Å²) in [5.74, 6) is -1.06. The summed E-state index contributed by atoms with van der Waals surface area (Å²) in [5, 5.41) is 4.11. The molecule has 0 saturated carbocycles. The van der Waals surface area contributed by atoms with Gasteiger partial charge in [0, 0.05) is 0 Å². The Labute approximate surface area is 201 Å². The van der Waals surface area contributed by atoms with Gasteiger partial charge in [0.1, 0.15) is 6.29 Å². The predicted octanol–water partition coefficient (Wildman–Crippen LogP) is 3.62. The summed E-state index contributed by atoms with van der Waals surface area (Å²) < 4.78 is 28.0. The van der Waals surface area contributed by atoms with Gasteiger partial charge in [-0.15, -0.1) is 0 Å². The van der Waals surface area contributed by atoms with Crippen molar-refractivity contribution in [1.29, 1.82) is 0 Å². The molecule has 0 saturated heterocycles. The molecule has 0 spiro atoms. The highest BCUT2D eigenvalue weighted by molar-refractivity contribution is 7.92. The first-order chi connectivity index (χ1) is 16.4. The molecular weight excluding hydrogens is 476 g/mol. The molecule has 1 heterocycles. The first kappa shape index (κ1) is 23.3. The van der Waals surface area contributed by atoms with Crippen LogP contribution in [0.5, 0.6) is 0 Å². The van der Waals surface area contributed by atoms with Gasteiger partial charge in [0.05, 0.1) is 22.2 Å². The second-order valence-electron chi connectivity index (χ2n) is 7.41. The number of amides is 1. The fourth-order valence-corrected chi connectivity index (χ4v) is 4.49. The maximum Gasteiger partial charge on any atom is 0.272 e. The predicted molar refractivity (Wildman–Crippen MR) is 129 cm³/mol. The zero-order valence-electron chi connectivity index (χ0n) is 17.7. The standard InChI is InChI=1S/C24H19ClN4O4S/c25-21-14-26-24(29-34(32,33)20-11-10-17-8-4-5-9-18(17)13-20)28-22(21)23(31)27-19(15-30)12-16-6-2-1-3-7-16/h1-11,13-15,19H,12H2,(H,27,31)(H,26,28,29)/t19-/m0/s1. The van der Waals surface area contributed by atoms with Crippen LogP contribution in [0, 0.1) is 0 Å². The van der Waals surface area contributed by atoms with Crippen LogP contribution in [0.3, 0.4) is 0 Å². The van der Waals surface area contributed by atoms with E-state index >= 15 is 0 Å². The molecule has 4 rings (SSSR count). The van der Waals surface area contributed by atoms with Crippen molar-refractivity contribution in [3.05, 3.63) is 95.3 Å². The van der Waals surface area contributed by atoms with Crippen molar-refractivity contribution in [2.75, 3.05) is 4.72 Å². The summed E-state index contributed by atoms with van der Waals surface area (Å²) in [7, 11) is -4.03. The van der Waals surface area contributed by atoms with Gasteiger partial charge < -0.3 is 10.1 Å². The van der Waals surface area contributed by atoms with Crippen LogP contribution in [-0.2, 0) is 21.2 Å². The number of nitrogens with zero attached hydrogens (tertiary/aromatic N) is 2. The fraction of sp³-hybridized carbons (Fsp3) is 0.0833. The van der Waals surface area contributed by atoms with E-state index in [1.54, 1.807) is 12.1 Å². The van der Waals surface area contributed by atoms with E-state index in [4.69, 9.17) is 11.6 Å². The SMILES string of the molecule is O=C[C@H](Cc1ccccc1)NC(=O)c1nc(NS(=O)(=O)c2ccc3ccccc3c2)ncc1Cl. The van der Waals surface area contributed by atoms with Gasteiger partial charge in [-0.3, -0.25) is 4.79 Å². The van der Waals surface area contributed by atoms with E-state index in [-0.39, 0.29) is 28.0 Å². The Kier molecular flexibility index (Phi) is 6.85. The number of carbonyl (C=O) groups excluding carboxylic acids is 2. The van der Waals surface area contributed by atoms with Crippen LogP contribution in [-0.4, -0.2) is 36.6 Å². The third-order valence-corrected chi connectivity index (χ3v) is 6.60. The summed E-state index contributed by atoms with van der Waals surface area (Å²) in [6.07, 6.45) is 2.01. The van der Waals surface area contributed by atoms with Gasteiger partial charge in [-0.05, 0) is 34.9 Å². The molecule has 0 aliphatic carbocycles. The highest BCUT2D eigenvalue weighted by atomic mass is 35.5. The molecule has 34 heavy (non-hydrogen) atoms. The molecule has 1 aromatic heterocycles. The van der Waals surface area contributed by atoms with Crippen LogP contribution in [0.2, 0.25) is 5.02 Å². The summed E-state index contributed by atoms with van der Waals surface area (Å²) in [5.41, 5.74) is 0.602. The summed E-state index contributed by atoms with van der Waals surface area (Å²) >= 11 is 6.08. The minimum Gasteiger partial charge on any atom is -0.341 e. The molecule has 10 heteroatoms. The summed E-state index contributed by atoms with van der Waals surface area (Å²) in [6, 6.07) is 20.4. The van der Waals surface area contributed by atoms with Gasteiger partial charge >= 0.3 is 0 Å². The Hall–Kier alpha value is -3.82. The number of aldehydes is 1. The topological polar surface area (TPSA) is 118 Å². The van der Waals surface area contributed by atoms with E-state index in [0.717, 1.165) is 22.5 Å². The molecule has 0 aliphatic heterocycles. The van der Waals surface area contributed by atoms with E-state index in [9.17, 15) is 18.0 Å². The van der Waals surface area contributed by atoms with Crippen molar-refractivity contribution >= 4 is 50.5 Å². The van der Waals surface area contributed by atoms with Gasteiger partial charge in [0.2, 0.25) is 5.95 Å². The largest absolute Gasteiger partial charge is 0.341 e. The van der Waals surface area contributed by atoms with Gasteiger partial charge in [-0.25, -0.2) is 23.1 Å². The normalized spacial score (nSPS) is 12.1. The van der Waals surface area contributed by atoms with Gasteiger partial charge in [-0.2, -0.15) is 0 Å². The van der Waals surface area contributed by atoms with E-state index in [2.05, 4.69) is 20.0 Å². The van der Waals surface area contributed by atoms with Crippen molar-refractivity contribution in [2.45, 2.75) is 17.4 Å². The van der Waals surface area contributed by atoms with E-state index in [0.29, 0.717) is 6.29 Å². The molecule has 0 unspecified atom stereocenters. The second kappa shape index (κ2) is 9.98. The highest BCUT2D eigenvalue weighted by Crippen LogP contribution is 2.21. The van der Waals surface area contributed by atoms with Crippen molar-refractivity contribution < 1.29 is 18.0 Å². The van der Waals surface area contributed by atoms with E-state index in [1.165, 1.54) is 12.1 Å². The van der Waals surface area contributed by atoms with Crippen molar-refractivity contribution in [3.8, 4) is 0 Å². The molecule has 0 bridgehead atoms. The highest BCUT2D eigenvalue weighted by Gasteiger charge is 2.21. The maximum absolute atomic E-state index is 12.9. The number of benzene rings is 3. The molecule has 2 N–H and O–H groups in total. The number of nitrogens with one attached hydrogen (secondary N) is 2. The average Bonchev–Trinajstić information content (AvgIpc) is 2.85. The molecule has 172 valence electrons. The molecular formula is C24H19ClN4O4S. The number of rotatable bonds is 8. The van der Waals surface area contributed by atoms with Crippen LogP contribution in [0.25, 0.3) is 10.8 Å². The lowest BCUT2D eigenvalue weighted by molar-refractivity contribution is -0.109. The lowest BCUT2D eigenvalue weighted by Crippen LogP contribution is -2.38. The van der Waals surface area contributed by atoms with Gasteiger partial charge in [0.15, 0.2) is 5.69 Å². The molecule has 0 radical (unpaired) electrons. The number of anilines is 1. The smallest absolute Gasteiger partial charge is 0.272 e. The Bertz CT molecular complexity index is 1460. The Morgan fingerprint density at radius 3 is 2.44 bits per heavy atom. The molecule has 0 fully saturated rings. The van der Waals surface area contributed by atoms with Crippen molar-refractivity contribution in [1.82, 2.24) is 15.3 Å². The lowest BCUT2D eigenvalue weighted by atomic mass is 10.1. The Morgan fingerprint density at radius 2 is 1.71 bits per heavy atom. The number of hydrogen-bond acceptors (Lipinski definition) is 6. The Balaban J connectivity index is 1.53. The zero-order valence-corrected chi connectivity index (χ0v) is 19.3. The maximum atomic E-state index is 12.9. The first-order valence-corrected chi connectivity index (χ1v) is 12.1. The van der Waals surface area contributed by atoms with E-state index < -0.39 is 22.0 Å². The molecule has 3 aromatic carbocycles. The molecule has 0 aliphatic rings. The number of sulfonamides is 1. The minimum absolute atomic E-state index is 0.0135. The Morgan fingerprint density at radius 1 is 1.00 bits per heavy atom. The quantitative estimate of drug-likeness (QED) is 0.361. The van der Waals surface area contributed by atoms with E-state index in [1.807, 2.05) is 48.5 Å². The zero-order chi connectivity index (χ0) is 24.1. The summed E-state index contributed by atoms with van der Waals surface area (Å²) in [4.78, 5) is 32.1. The molecule has 1 atom stereocenters. The number of fused-ring (bicyclic) bond motifs is 1. The van der Waals surface area contributed by atoms with Crippen LogP contribution >= 0.6 is 11.6 Å². The monoisotopic (exact) mass is 494 g/mol. The summed E-state index contributed by atoms with van der Waals surface area (Å²) in [6.45, 7) is 0. The third kappa shape index (κ3) is 5.38.